The van der Waals surface area contributed by atoms with Crippen molar-refractivity contribution in [3.63, 3.8) is 0 Å². The van der Waals surface area contributed by atoms with Gasteiger partial charge >= 0.3 is 0 Å². The summed E-state index contributed by atoms with van der Waals surface area (Å²) in [5.41, 5.74) is 4.47. The largest absolute Gasteiger partial charge is 0.493 e. The van der Waals surface area contributed by atoms with E-state index in [2.05, 4.69) is 26.2 Å². The normalized spacial score (nSPS) is 15.8. The molecule has 1 aliphatic rings. The maximum atomic E-state index is 13.0. The monoisotopic (exact) mass is 445 g/mol. The molecule has 8 nitrogen and oxygen atoms in total. The summed E-state index contributed by atoms with van der Waals surface area (Å²) in [5, 5.41) is 7.63. The molecular formula is C25H27N5O3. The minimum absolute atomic E-state index is 0.0487. The van der Waals surface area contributed by atoms with Gasteiger partial charge in [-0.1, -0.05) is 12.1 Å². The van der Waals surface area contributed by atoms with E-state index in [1.54, 1.807) is 7.11 Å². The number of nitrogens with one attached hydrogen (secondary N) is 2. The first-order valence-corrected chi connectivity index (χ1v) is 11.2. The molecule has 170 valence electrons. The molecule has 1 atom stereocenters. The molecule has 0 spiro atoms. The first-order valence-electron chi connectivity index (χ1n) is 11.2. The number of aromatic nitrogens is 4. The Labute approximate surface area is 191 Å². The first kappa shape index (κ1) is 21.1. The molecule has 3 heterocycles. The highest BCUT2D eigenvalue weighted by molar-refractivity contribution is 5.97. The Kier molecular flexibility index (Phi) is 5.73. The second-order valence-corrected chi connectivity index (χ2v) is 8.36. The van der Waals surface area contributed by atoms with E-state index in [9.17, 15) is 4.79 Å². The molecular weight excluding hydrogens is 418 g/mol. The van der Waals surface area contributed by atoms with Crippen LogP contribution in [0.15, 0.2) is 48.5 Å². The van der Waals surface area contributed by atoms with Gasteiger partial charge in [0.1, 0.15) is 5.82 Å². The Morgan fingerprint density at radius 3 is 2.88 bits per heavy atom. The molecule has 2 aromatic heterocycles. The van der Waals surface area contributed by atoms with Gasteiger partial charge in [0.15, 0.2) is 11.5 Å². The summed E-state index contributed by atoms with van der Waals surface area (Å²) in [6.45, 7) is 3.83. The number of para-hydroxylation sites is 2. The first-order chi connectivity index (χ1) is 16.1. The van der Waals surface area contributed by atoms with E-state index < -0.39 is 0 Å². The van der Waals surface area contributed by atoms with Gasteiger partial charge < -0.3 is 19.4 Å². The molecule has 2 aromatic carbocycles. The molecule has 0 bridgehead atoms. The van der Waals surface area contributed by atoms with Gasteiger partial charge in [0, 0.05) is 36.7 Å². The maximum Gasteiger partial charge on any atom is 0.253 e. The van der Waals surface area contributed by atoms with Crippen molar-refractivity contribution >= 4 is 16.9 Å². The van der Waals surface area contributed by atoms with Crippen LogP contribution in [-0.4, -0.2) is 57.8 Å². The molecule has 0 unspecified atom stereocenters. The van der Waals surface area contributed by atoms with Gasteiger partial charge in [-0.25, -0.2) is 4.98 Å². The Morgan fingerprint density at radius 1 is 1.18 bits per heavy atom. The van der Waals surface area contributed by atoms with Crippen LogP contribution in [0, 0.1) is 6.92 Å². The predicted octanol–water partition coefficient (Wildman–Crippen LogP) is 3.85. The molecule has 4 aromatic rings. The molecule has 5 rings (SSSR count). The molecule has 1 aliphatic heterocycles. The average molecular weight is 446 g/mol. The molecule has 1 fully saturated rings. The summed E-state index contributed by atoms with van der Waals surface area (Å²) in [4.78, 5) is 22.6. The Bertz CT molecular complexity index is 1280. The minimum Gasteiger partial charge on any atom is -0.493 e. The smallest absolute Gasteiger partial charge is 0.253 e. The molecule has 8 heteroatoms. The number of fused-ring (bicyclic) bond motifs is 1. The van der Waals surface area contributed by atoms with Gasteiger partial charge in [0.2, 0.25) is 0 Å². The average Bonchev–Trinajstić information content (AvgIpc) is 3.57. The minimum atomic E-state index is 0.0487. The van der Waals surface area contributed by atoms with E-state index in [-0.39, 0.29) is 11.8 Å². The van der Waals surface area contributed by atoms with Crippen molar-refractivity contribution in [2.24, 2.45) is 0 Å². The third kappa shape index (κ3) is 4.41. The number of methoxy groups -OCH3 is 1. The number of hydrogen-bond acceptors (Lipinski definition) is 5. The molecule has 0 saturated carbocycles. The summed E-state index contributed by atoms with van der Waals surface area (Å²) in [6.07, 6.45) is 1.61. The molecule has 1 amide bonds. The third-order valence-corrected chi connectivity index (χ3v) is 6.09. The number of amides is 1. The number of benzene rings is 2. The second kappa shape index (κ2) is 8.97. The number of nitrogens with zero attached hydrogens (tertiary/aromatic N) is 3. The number of carbonyl (C=O) groups is 1. The quantitative estimate of drug-likeness (QED) is 0.450. The van der Waals surface area contributed by atoms with Crippen molar-refractivity contribution in [1.82, 2.24) is 25.1 Å². The van der Waals surface area contributed by atoms with Crippen LogP contribution < -0.4 is 9.47 Å². The highest BCUT2D eigenvalue weighted by Crippen LogP contribution is 2.29. The predicted molar refractivity (Wildman–Crippen MR) is 125 cm³/mol. The van der Waals surface area contributed by atoms with E-state index in [1.807, 2.05) is 54.3 Å². The number of carbonyl (C=O) groups excluding carboxylic acids is 1. The number of rotatable bonds is 7. The molecule has 1 saturated heterocycles. The van der Waals surface area contributed by atoms with Crippen LogP contribution in [0.5, 0.6) is 11.5 Å². The lowest BCUT2D eigenvalue weighted by molar-refractivity contribution is 0.0791. The standard InChI is InChI=1S/C25H27N5O3/c1-16-26-20-8-7-17(13-22(20)27-16)25(31)30-11-9-18(15-30)21-14-19(28-29-21)10-12-33-24-6-4-3-5-23(24)32-2/h3-8,13-14,18H,9-12,15H2,1-2H3,(H,26,27)(H,28,29)/t18-/m0/s1. The van der Waals surface area contributed by atoms with Crippen molar-refractivity contribution in [2.75, 3.05) is 26.8 Å². The van der Waals surface area contributed by atoms with Gasteiger partial charge in [-0.05, 0) is 49.7 Å². The van der Waals surface area contributed by atoms with Crippen LogP contribution in [0.25, 0.3) is 11.0 Å². The molecule has 0 aliphatic carbocycles. The van der Waals surface area contributed by atoms with Crippen molar-refractivity contribution in [3.05, 3.63) is 71.3 Å². The maximum absolute atomic E-state index is 13.0. The second-order valence-electron chi connectivity index (χ2n) is 8.36. The Morgan fingerprint density at radius 2 is 2.03 bits per heavy atom. The Hall–Kier alpha value is -3.81. The third-order valence-electron chi connectivity index (χ3n) is 6.09. The summed E-state index contributed by atoms with van der Waals surface area (Å²) < 4.78 is 11.2. The van der Waals surface area contributed by atoms with Crippen molar-refractivity contribution < 1.29 is 14.3 Å². The summed E-state index contributed by atoms with van der Waals surface area (Å²) in [5.74, 6) is 2.58. The van der Waals surface area contributed by atoms with E-state index in [0.29, 0.717) is 25.1 Å². The number of aryl methyl sites for hydroxylation is 1. The highest BCUT2D eigenvalue weighted by Gasteiger charge is 2.29. The fourth-order valence-electron chi connectivity index (χ4n) is 4.36. The van der Waals surface area contributed by atoms with E-state index in [0.717, 1.165) is 52.7 Å². The van der Waals surface area contributed by atoms with Gasteiger partial charge in [0.25, 0.3) is 5.91 Å². The zero-order valence-corrected chi connectivity index (χ0v) is 18.8. The van der Waals surface area contributed by atoms with Gasteiger partial charge in [-0.15, -0.1) is 0 Å². The fraction of sp³-hybridized carbons (Fsp3) is 0.320. The topological polar surface area (TPSA) is 96.1 Å². The lowest BCUT2D eigenvalue weighted by Crippen LogP contribution is -2.28. The lowest BCUT2D eigenvalue weighted by atomic mass is 10.0. The van der Waals surface area contributed by atoms with E-state index in [1.165, 1.54) is 0 Å². The lowest BCUT2D eigenvalue weighted by Gasteiger charge is -2.16. The molecule has 2 N–H and O–H groups in total. The van der Waals surface area contributed by atoms with Crippen LogP contribution in [0.4, 0.5) is 0 Å². The summed E-state index contributed by atoms with van der Waals surface area (Å²) in [7, 11) is 1.63. The number of hydrogen-bond donors (Lipinski definition) is 2. The molecule has 33 heavy (non-hydrogen) atoms. The van der Waals surface area contributed by atoms with Crippen LogP contribution in [0.2, 0.25) is 0 Å². The number of aromatic amines is 2. The highest BCUT2D eigenvalue weighted by atomic mass is 16.5. The van der Waals surface area contributed by atoms with Gasteiger partial charge in [-0.3, -0.25) is 9.89 Å². The Balaban J connectivity index is 1.18. The van der Waals surface area contributed by atoms with Crippen molar-refractivity contribution in [3.8, 4) is 11.5 Å². The number of likely N-dealkylation sites (tertiary alicyclic amines) is 1. The van der Waals surface area contributed by atoms with Crippen LogP contribution >= 0.6 is 0 Å². The number of ether oxygens (including phenoxy) is 2. The fourth-order valence-corrected chi connectivity index (χ4v) is 4.36. The van der Waals surface area contributed by atoms with Gasteiger partial charge in [0.05, 0.1) is 30.4 Å². The van der Waals surface area contributed by atoms with Crippen LogP contribution in [-0.2, 0) is 6.42 Å². The molecule has 0 radical (unpaired) electrons. The van der Waals surface area contributed by atoms with Crippen molar-refractivity contribution in [2.45, 2.75) is 25.7 Å². The number of imidazole rings is 1. The summed E-state index contributed by atoms with van der Waals surface area (Å²) >= 11 is 0. The van der Waals surface area contributed by atoms with E-state index in [4.69, 9.17) is 9.47 Å². The van der Waals surface area contributed by atoms with E-state index >= 15 is 0 Å². The summed E-state index contributed by atoms with van der Waals surface area (Å²) in [6, 6.07) is 15.3. The van der Waals surface area contributed by atoms with Crippen LogP contribution in [0.1, 0.15) is 39.9 Å². The number of H-pyrrole nitrogens is 2. The SMILES string of the molecule is COc1ccccc1OCCc1cc([C@H]2CCN(C(=O)c3ccc4nc(C)[nH]c4c3)C2)n[nH]1. The van der Waals surface area contributed by atoms with Gasteiger partial charge in [-0.2, -0.15) is 5.10 Å². The van der Waals surface area contributed by atoms with Crippen LogP contribution in [0.3, 0.4) is 0 Å². The van der Waals surface area contributed by atoms with Crippen molar-refractivity contribution in [1.29, 1.82) is 0 Å². The zero-order valence-electron chi connectivity index (χ0n) is 18.8. The zero-order chi connectivity index (χ0) is 22.8.